The molecule has 0 spiro atoms. The zero-order valence-corrected chi connectivity index (χ0v) is 11.2. The largest absolute Gasteiger partial charge is 0.468 e. The highest BCUT2D eigenvalue weighted by atomic mass is 16.3. The Balaban J connectivity index is 1.84. The summed E-state index contributed by atoms with van der Waals surface area (Å²) in [5.74, 6) is 0.946. The van der Waals surface area contributed by atoms with Gasteiger partial charge in [0.15, 0.2) is 0 Å². The lowest BCUT2D eigenvalue weighted by Gasteiger charge is -2.19. The minimum absolute atomic E-state index is 0.169. The minimum Gasteiger partial charge on any atom is -0.468 e. The van der Waals surface area contributed by atoms with Crippen LogP contribution in [-0.2, 0) is 6.54 Å². The summed E-state index contributed by atoms with van der Waals surface area (Å²) in [6.07, 6.45) is 1.71. The molecule has 3 rings (SSSR count). The average molecular weight is 263 g/mol. The van der Waals surface area contributed by atoms with Crippen molar-refractivity contribution in [2.24, 2.45) is 0 Å². The monoisotopic (exact) mass is 263 g/mol. The van der Waals surface area contributed by atoms with Crippen molar-refractivity contribution >= 4 is 0 Å². The van der Waals surface area contributed by atoms with E-state index in [1.54, 1.807) is 6.26 Å². The van der Waals surface area contributed by atoms with Crippen molar-refractivity contribution in [2.75, 3.05) is 0 Å². The zero-order valence-electron chi connectivity index (χ0n) is 11.2. The second-order valence-corrected chi connectivity index (χ2v) is 4.71. The molecule has 0 saturated carbocycles. The molecule has 0 saturated heterocycles. The maximum Gasteiger partial charge on any atom is 0.117 e. The van der Waals surface area contributed by atoms with E-state index in [0.717, 1.165) is 5.76 Å². The average Bonchev–Trinajstić information content (AvgIpc) is 3.03. The van der Waals surface area contributed by atoms with Crippen LogP contribution in [0.1, 0.15) is 22.9 Å². The lowest BCUT2D eigenvalue weighted by molar-refractivity contribution is 0.468. The van der Waals surface area contributed by atoms with Gasteiger partial charge in [-0.05, 0) is 23.3 Å². The van der Waals surface area contributed by atoms with Gasteiger partial charge < -0.3 is 4.42 Å². The number of hydrogen-bond donors (Lipinski definition) is 1. The van der Waals surface area contributed by atoms with Gasteiger partial charge in [-0.3, -0.25) is 5.32 Å². The van der Waals surface area contributed by atoms with Crippen molar-refractivity contribution < 1.29 is 4.42 Å². The summed E-state index contributed by atoms with van der Waals surface area (Å²) >= 11 is 0. The first-order valence-corrected chi connectivity index (χ1v) is 6.79. The van der Waals surface area contributed by atoms with Crippen LogP contribution in [0.25, 0.3) is 0 Å². The lowest BCUT2D eigenvalue weighted by atomic mass is 9.99. The SMILES string of the molecule is c1ccc(C(NCc2ccco2)c2ccccc2)cc1. The Labute approximate surface area is 119 Å². The summed E-state index contributed by atoms with van der Waals surface area (Å²) in [4.78, 5) is 0. The fourth-order valence-electron chi connectivity index (χ4n) is 2.33. The van der Waals surface area contributed by atoms with Crippen LogP contribution in [0.4, 0.5) is 0 Å². The molecule has 0 unspecified atom stereocenters. The quantitative estimate of drug-likeness (QED) is 0.747. The van der Waals surface area contributed by atoms with Crippen LogP contribution in [0.5, 0.6) is 0 Å². The van der Waals surface area contributed by atoms with E-state index in [9.17, 15) is 0 Å². The fourth-order valence-corrected chi connectivity index (χ4v) is 2.33. The molecule has 0 fully saturated rings. The number of benzene rings is 2. The van der Waals surface area contributed by atoms with E-state index in [1.807, 2.05) is 24.3 Å². The Kier molecular flexibility index (Phi) is 3.95. The van der Waals surface area contributed by atoms with Crippen molar-refractivity contribution in [3.63, 3.8) is 0 Å². The van der Waals surface area contributed by atoms with Crippen molar-refractivity contribution in [1.29, 1.82) is 0 Å². The molecule has 1 N–H and O–H groups in total. The standard InChI is InChI=1S/C18H17NO/c1-3-8-15(9-4-1)18(16-10-5-2-6-11-16)19-14-17-12-7-13-20-17/h1-13,18-19H,14H2. The van der Waals surface area contributed by atoms with E-state index in [1.165, 1.54) is 11.1 Å². The highest BCUT2D eigenvalue weighted by molar-refractivity contribution is 5.31. The summed E-state index contributed by atoms with van der Waals surface area (Å²) in [5, 5.41) is 3.56. The van der Waals surface area contributed by atoms with Crippen LogP contribution < -0.4 is 5.32 Å². The molecule has 0 bridgehead atoms. The highest BCUT2D eigenvalue weighted by Crippen LogP contribution is 2.22. The molecule has 0 atom stereocenters. The van der Waals surface area contributed by atoms with Crippen LogP contribution >= 0.6 is 0 Å². The van der Waals surface area contributed by atoms with Gasteiger partial charge in [0.1, 0.15) is 5.76 Å². The lowest BCUT2D eigenvalue weighted by Crippen LogP contribution is -2.21. The van der Waals surface area contributed by atoms with E-state index in [-0.39, 0.29) is 6.04 Å². The Hall–Kier alpha value is -2.32. The van der Waals surface area contributed by atoms with Gasteiger partial charge in [-0.25, -0.2) is 0 Å². The van der Waals surface area contributed by atoms with Crippen LogP contribution in [0, 0.1) is 0 Å². The van der Waals surface area contributed by atoms with E-state index >= 15 is 0 Å². The third-order valence-electron chi connectivity index (χ3n) is 3.33. The van der Waals surface area contributed by atoms with Gasteiger partial charge >= 0.3 is 0 Å². The molecule has 2 nitrogen and oxygen atoms in total. The smallest absolute Gasteiger partial charge is 0.117 e. The van der Waals surface area contributed by atoms with Crippen molar-refractivity contribution in [1.82, 2.24) is 5.32 Å². The number of hydrogen-bond acceptors (Lipinski definition) is 2. The first-order chi connectivity index (χ1) is 9.93. The molecule has 20 heavy (non-hydrogen) atoms. The molecule has 0 aliphatic heterocycles. The summed E-state index contributed by atoms with van der Waals surface area (Å²) in [6, 6.07) is 25.0. The third kappa shape index (κ3) is 2.98. The molecule has 0 radical (unpaired) electrons. The maximum atomic E-state index is 5.39. The minimum atomic E-state index is 0.169. The zero-order chi connectivity index (χ0) is 13.6. The van der Waals surface area contributed by atoms with Gasteiger partial charge in [-0.2, -0.15) is 0 Å². The second kappa shape index (κ2) is 6.22. The molecule has 0 aliphatic carbocycles. The van der Waals surface area contributed by atoms with E-state index in [0.29, 0.717) is 6.54 Å². The molecule has 2 heteroatoms. The Morgan fingerprint density at radius 2 is 1.35 bits per heavy atom. The molecule has 1 aromatic heterocycles. The van der Waals surface area contributed by atoms with Crippen LogP contribution in [0.2, 0.25) is 0 Å². The Bertz CT molecular complexity index is 578. The number of furan rings is 1. The number of rotatable bonds is 5. The van der Waals surface area contributed by atoms with Crippen LogP contribution in [-0.4, -0.2) is 0 Å². The molecular formula is C18H17NO. The predicted octanol–water partition coefficient (Wildman–Crippen LogP) is 4.16. The van der Waals surface area contributed by atoms with Crippen molar-refractivity contribution in [2.45, 2.75) is 12.6 Å². The van der Waals surface area contributed by atoms with Gasteiger partial charge in [0.05, 0.1) is 18.8 Å². The fraction of sp³-hybridized carbons (Fsp3) is 0.111. The van der Waals surface area contributed by atoms with Gasteiger partial charge in [0, 0.05) is 0 Å². The highest BCUT2D eigenvalue weighted by Gasteiger charge is 2.13. The van der Waals surface area contributed by atoms with E-state index in [2.05, 4.69) is 53.8 Å². The topological polar surface area (TPSA) is 25.2 Å². The Morgan fingerprint density at radius 3 is 1.85 bits per heavy atom. The van der Waals surface area contributed by atoms with Gasteiger partial charge in [-0.15, -0.1) is 0 Å². The summed E-state index contributed by atoms with van der Waals surface area (Å²) in [6.45, 7) is 0.710. The first-order valence-electron chi connectivity index (χ1n) is 6.79. The molecule has 2 aromatic carbocycles. The van der Waals surface area contributed by atoms with Crippen LogP contribution in [0.15, 0.2) is 83.5 Å². The Morgan fingerprint density at radius 1 is 0.750 bits per heavy atom. The predicted molar refractivity (Wildman–Crippen MR) is 80.3 cm³/mol. The molecular weight excluding hydrogens is 246 g/mol. The van der Waals surface area contributed by atoms with Crippen molar-refractivity contribution in [3.05, 3.63) is 95.9 Å². The van der Waals surface area contributed by atoms with Crippen molar-refractivity contribution in [3.8, 4) is 0 Å². The van der Waals surface area contributed by atoms with Crippen LogP contribution in [0.3, 0.4) is 0 Å². The third-order valence-corrected chi connectivity index (χ3v) is 3.33. The molecule has 3 aromatic rings. The van der Waals surface area contributed by atoms with Gasteiger partial charge in [0.25, 0.3) is 0 Å². The summed E-state index contributed by atoms with van der Waals surface area (Å²) < 4.78 is 5.39. The van der Waals surface area contributed by atoms with E-state index < -0.39 is 0 Å². The normalized spacial score (nSPS) is 10.8. The summed E-state index contributed by atoms with van der Waals surface area (Å²) in [7, 11) is 0. The molecule has 1 heterocycles. The molecule has 0 aliphatic rings. The van der Waals surface area contributed by atoms with Gasteiger partial charge in [-0.1, -0.05) is 60.7 Å². The first kappa shape index (κ1) is 12.7. The molecule has 0 amide bonds. The van der Waals surface area contributed by atoms with Gasteiger partial charge in [0.2, 0.25) is 0 Å². The second-order valence-electron chi connectivity index (χ2n) is 4.71. The molecule has 100 valence electrons. The number of nitrogens with one attached hydrogen (secondary N) is 1. The van der Waals surface area contributed by atoms with E-state index in [4.69, 9.17) is 4.42 Å². The maximum absolute atomic E-state index is 5.39. The summed E-state index contributed by atoms with van der Waals surface area (Å²) in [5.41, 5.74) is 2.51.